The van der Waals surface area contributed by atoms with Gasteiger partial charge in [-0.1, -0.05) is 90.4 Å². The highest BCUT2D eigenvalue weighted by Crippen LogP contribution is 2.13. The minimum atomic E-state index is -0.577. The number of hydrogen-bond donors (Lipinski definition) is 2. The van der Waals surface area contributed by atoms with E-state index >= 15 is 0 Å². The summed E-state index contributed by atoms with van der Waals surface area (Å²) in [6.45, 7) is 3.93. The lowest BCUT2D eigenvalue weighted by molar-refractivity contribution is 0.0247. The standard InChI is InChI=1S/C18H38O2/c1-3-4-5-6-7-8-9-10-11-12-13-14-15-16-18(20)17(2)19/h17-20H,3-16H2,1-2H3/t17-,18+/m1/s1. The van der Waals surface area contributed by atoms with E-state index < -0.39 is 12.2 Å². The molecular weight excluding hydrogens is 248 g/mol. The molecule has 0 spiro atoms. The first-order chi connectivity index (χ1) is 9.68. The van der Waals surface area contributed by atoms with Gasteiger partial charge in [0.25, 0.3) is 0 Å². The summed E-state index contributed by atoms with van der Waals surface area (Å²) in [7, 11) is 0. The molecule has 0 bridgehead atoms. The largest absolute Gasteiger partial charge is 0.391 e. The van der Waals surface area contributed by atoms with Gasteiger partial charge in [0.05, 0.1) is 12.2 Å². The summed E-state index contributed by atoms with van der Waals surface area (Å²) in [6.07, 6.45) is 17.1. The Morgan fingerprint density at radius 1 is 0.600 bits per heavy atom. The molecule has 0 unspecified atom stereocenters. The van der Waals surface area contributed by atoms with Gasteiger partial charge in [-0.15, -0.1) is 0 Å². The van der Waals surface area contributed by atoms with Crippen LogP contribution in [0.25, 0.3) is 0 Å². The van der Waals surface area contributed by atoms with Crippen LogP contribution in [0.4, 0.5) is 0 Å². The molecule has 0 aromatic carbocycles. The molecule has 2 N–H and O–H groups in total. The van der Waals surface area contributed by atoms with Crippen LogP contribution in [-0.4, -0.2) is 22.4 Å². The van der Waals surface area contributed by atoms with Crippen LogP contribution < -0.4 is 0 Å². The maximum atomic E-state index is 9.45. The first kappa shape index (κ1) is 19.9. The van der Waals surface area contributed by atoms with Gasteiger partial charge in [0, 0.05) is 0 Å². The van der Waals surface area contributed by atoms with E-state index in [0.717, 1.165) is 12.8 Å². The second kappa shape index (κ2) is 15.3. The van der Waals surface area contributed by atoms with Gasteiger partial charge in [0.2, 0.25) is 0 Å². The van der Waals surface area contributed by atoms with Gasteiger partial charge in [-0.3, -0.25) is 0 Å². The molecule has 2 heteroatoms. The molecule has 0 aliphatic rings. The van der Waals surface area contributed by atoms with Gasteiger partial charge < -0.3 is 10.2 Å². The Morgan fingerprint density at radius 2 is 0.950 bits per heavy atom. The van der Waals surface area contributed by atoms with Crippen LogP contribution in [0, 0.1) is 0 Å². The third-order valence-corrected chi connectivity index (χ3v) is 4.16. The molecule has 0 saturated heterocycles. The minimum Gasteiger partial charge on any atom is -0.391 e. The molecule has 0 rings (SSSR count). The summed E-state index contributed by atoms with van der Waals surface area (Å²) in [6, 6.07) is 0. The molecule has 20 heavy (non-hydrogen) atoms. The second-order valence-corrected chi connectivity index (χ2v) is 6.34. The maximum absolute atomic E-state index is 9.45. The highest BCUT2D eigenvalue weighted by atomic mass is 16.3. The second-order valence-electron chi connectivity index (χ2n) is 6.34. The Hall–Kier alpha value is -0.0800. The van der Waals surface area contributed by atoms with Crippen molar-refractivity contribution in [3.8, 4) is 0 Å². The third kappa shape index (κ3) is 14.3. The Balaban J connectivity index is 3.03. The molecule has 0 amide bonds. The van der Waals surface area contributed by atoms with Crippen molar-refractivity contribution in [3.05, 3.63) is 0 Å². The lowest BCUT2D eigenvalue weighted by atomic mass is 10.0. The quantitative estimate of drug-likeness (QED) is 0.406. The minimum absolute atomic E-state index is 0.525. The fourth-order valence-electron chi connectivity index (χ4n) is 2.61. The van der Waals surface area contributed by atoms with E-state index in [1.54, 1.807) is 6.92 Å². The van der Waals surface area contributed by atoms with Gasteiger partial charge in [0.1, 0.15) is 0 Å². The van der Waals surface area contributed by atoms with Crippen LogP contribution in [0.1, 0.15) is 104 Å². The van der Waals surface area contributed by atoms with Crippen LogP contribution >= 0.6 is 0 Å². The SMILES string of the molecule is CCCCCCCCCCCCCCC[C@H](O)[C@@H](C)O. The van der Waals surface area contributed by atoms with Crippen molar-refractivity contribution in [2.75, 3.05) is 0 Å². The summed E-state index contributed by atoms with van der Waals surface area (Å²) in [4.78, 5) is 0. The Morgan fingerprint density at radius 3 is 1.30 bits per heavy atom. The zero-order chi connectivity index (χ0) is 15.1. The molecule has 0 saturated carbocycles. The lowest BCUT2D eigenvalue weighted by Crippen LogP contribution is -2.21. The van der Waals surface area contributed by atoms with E-state index in [4.69, 9.17) is 5.11 Å². The van der Waals surface area contributed by atoms with Gasteiger partial charge >= 0.3 is 0 Å². The van der Waals surface area contributed by atoms with Crippen molar-refractivity contribution >= 4 is 0 Å². The average molecular weight is 286 g/mol. The van der Waals surface area contributed by atoms with E-state index in [1.165, 1.54) is 77.0 Å². The van der Waals surface area contributed by atoms with Crippen molar-refractivity contribution in [3.63, 3.8) is 0 Å². The van der Waals surface area contributed by atoms with E-state index in [1.807, 2.05) is 0 Å². The molecule has 0 radical (unpaired) electrons. The van der Waals surface area contributed by atoms with Crippen LogP contribution in [-0.2, 0) is 0 Å². The first-order valence-corrected chi connectivity index (χ1v) is 9.04. The lowest BCUT2D eigenvalue weighted by Gasteiger charge is -2.12. The Kier molecular flexibility index (Phi) is 15.3. The summed E-state index contributed by atoms with van der Waals surface area (Å²) in [5.74, 6) is 0. The highest BCUT2D eigenvalue weighted by molar-refractivity contribution is 4.61. The molecule has 0 aromatic heterocycles. The number of aliphatic hydroxyl groups is 2. The average Bonchev–Trinajstić information content (AvgIpc) is 2.43. The highest BCUT2D eigenvalue weighted by Gasteiger charge is 2.09. The molecule has 0 heterocycles. The summed E-state index contributed by atoms with van der Waals surface area (Å²) >= 11 is 0. The van der Waals surface area contributed by atoms with Gasteiger partial charge in [-0.05, 0) is 13.3 Å². The zero-order valence-electron chi connectivity index (χ0n) is 13.9. The van der Waals surface area contributed by atoms with Crippen molar-refractivity contribution in [2.24, 2.45) is 0 Å². The summed E-state index contributed by atoms with van der Waals surface area (Å²) in [5, 5.41) is 18.6. The number of hydrogen-bond acceptors (Lipinski definition) is 2. The monoisotopic (exact) mass is 286 g/mol. The Labute approximate surface area is 127 Å². The molecule has 122 valence electrons. The van der Waals surface area contributed by atoms with Gasteiger partial charge in [0.15, 0.2) is 0 Å². The number of aliphatic hydroxyl groups excluding tert-OH is 2. The van der Waals surface area contributed by atoms with Crippen LogP contribution in [0.5, 0.6) is 0 Å². The summed E-state index contributed by atoms with van der Waals surface area (Å²) < 4.78 is 0. The topological polar surface area (TPSA) is 40.5 Å². The van der Waals surface area contributed by atoms with E-state index in [9.17, 15) is 5.11 Å². The van der Waals surface area contributed by atoms with Crippen molar-refractivity contribution in [1.82, 2.24) is 0 Å². The fraction of sp³-hybridized carbons (Fsp3) is 1.00. The molecule has 2 atom stereocenters. The molecule has 0 aromatic rings. The first-order valence-electron chi connectivity index (χ1n) is 9.04. The van der Waals surface area contributed by atoms with Crippen LogP contribution in [0.15, 0.2) is 0 Å². The van der Waals surface area contributed by atoms with Crippen LogP contribution in [0.2, 0.25) is 0 Å². The maximum Gasteiger partial charge on any atom is 0.0796 e. The molecular formula is C18H38O2. The molecule has 0 aliphatic carbocycles. The van der Waals surface area contributed by atoms with E-state index in [0.29, 0.717) is 0 Å². The van der Waals surface area contributed by atoms with E-state index in [-0.39, 0.29) is 0 Å². The molecule has 0 aliphatic heterocycles. The van der Waals surface area contributed by atoms with E-state index in [2.05, 4.69) is 6.92 Å². The van der Waals surface area contributed by atoms with Crippen molar-refractivity contribution in [2.45, 2.75) is 116 Å². The summed E-state index contributed by atoms with van der Waals surface area (Å²) in [5.41, 5.74) is 0. The van der Waals surface area contributed by atoms with Crippen molar-refractivity contribution in [1.29, 1.82) is 0 Å². The predicted molar refractivity (Wildman–Crippen MR) is 88.0 cm³/mol. The van der Waals surface area contributed by atoms with Crippen LogP contribution in [0.3, 0.4) is 0 Å². The third-order valence-electron chi connectivity index (χ3n) is 4.16. The zero-order valence-corrected chi connectivity index (χ0v) is 13.9. The molecule has 2 nitrogen and oxygen atoms in total. The Bertz CT molecular complexity index is 180. The van der Waals surface area contributed by atoms with Gasteiger partial charge in [-0.25, -0.2) is 0 Å². The normalized spacial score (nSPS) is 14.4. The van der Waals surface area contributed by atoms with Gasteiger partial charge in [-0.2, -0.15) is 0 Å². The predicted octanol–water partition coefficient (Wildman–Crippen LogP) is 5.21. The smallest absolute Gasteiger partial charge is 0.0796 e. The number of unbranched alkanes of at least 4 members (excludes halogenated alkanes) is 12. The fourth-order valence-corrected chi connectivity index (χ4v) is 2.61. The number of rotatable bonds is 15. The molecule has 0 fully saturated rings. The van der Waals surface area contributed by atoms with Crippen molar-refractivity contribution < 1.29 is 10.2 Å².